The Morgan fingerprint density at radius 3 is 1.83 bits per heavy atom. The second-order valence-electron chi connectivity index (χ2n) is 5.86. The molecule has 23 heavy (non-hydrogen) atoms. The van der Waals surface area contributed by atoms with Crippen LogP contribution in [0, 0.1) is 0 Å². The minimum Gasteiger partial charge on any atom is -0.151 e. The van der Waals surface area contributed by atoms with E-state index in [2.05, 4.69) is 57.3 Å². The third-order valence-electron chi connectivity index (χ3n) is 3.86. The van der Waals surface area contributed by atoms with Crippen LogP contribution in [0.2, 0.25) is 0 Å². The zero-order valence-electron chi connectivity index (χ0n) is 13.8. The molecule has 0 aliphatic heterocycles. The first-order valence-corrected chi connectivity index (χ1v) is 9.33. The topological polar surface area (TPSA) is 24.7 Å². The molecular formula is C20H25BrN2. The van der Waals surface area contributed by atoms with Crippen molar-refractivity contribution in [2.24, 2.45) is 10.2 Å². The van der Waals surface area contributed by atoms with Crippen LogP contribution in [-0.2, 0) is 6.42 Å². The van der Waals surface area contributed by atoms with E-state index in [0.717, 1.165) is 22.3 Å². The summed E-state index contributed by atoms with van der Waals surface area (Å²) in [7, 11) is 0. The molecule has 0 saturated carbocycles. The highest BCUT2D eigenvalue weighted by Crippen LogP contribution is 2.21. The second kappa shape index (κ2) is 10.3. The zero-order chi connectivity index (χ0) is 16.3. The van der Waals surface area contributed by atoms with Crippen LogP contribution in [0.1, 0.15) is 51.0 Å². The highest BCUT2D eigenvalue weighted by atomic mass is 79.9. The van der Waals surface area contributed by atoms with Crippen LogP contribution in [0.3, 0.4) is 0 Å². The average Bonchev–Trinajstić information content (AvgIpc) is 2.58. The maximum absolute atomic E-state index is 4.29. The van der Waals surface area contributed by atoms with Crippen molar-refractivity contribution in [3.8, 4) is 0 Å². The van der Waals surface area contributed by atoms with E-state index in [9.17, 15) is 0 Å². The van der Waals surface area contributed by atoms with Gasteiger partial charge in [0.1, 0.15) is 0 Å². The predicted octanol–water partition coefficient (Wildman–Crippen LogP) is 7.77. The second-order valence-corrected chi connectivity index (χ2v) is 6.78. The van der Waals surface area contributed by atoms with Gasteiger partial charge in [-0.25, -0.2) is 0 Å². The minimum absolute atomic E-state index is 0.865. The van der Waals surface area contributed by atoms with Crippen molar-refractivity contribution in [3.63, 3.8) is 0 Å². The van der Waals surface area contributed by atoms with Gasteiger partial charge in [-0.1, -0.05) is 67.1 Å². The van der Waals surface area contributed by atoms with Gasteiger partial charge in [-0.05, 0) is 54.8 Å². The van der Waals surface area contributed by atoms with Crippen LogP contribution >= 0.6 is 15.9 Å². The quantitative estimate of drug-likeness (QED) is 0.317. The smallest absolute Gasteiger partial charge is 0.0857 e. The van der Waals surface area contributed by atoms with E-state index < -0.39 is 0 Å². The molecular weight excluding hydrogens is 348 g/mol. The molecule has 0 aliphatic carbocycles. The molecule has 0 spiro atoms. The highest BCUT2D eigenvalue weighted by Gasteiger charge is 1.96. The molecule has 0 fully saturated rings. The van der Waals surface area contributed by atoms with E-state index in [-0.39, 0.29) is 0 Å². The fourth-order valence-corrected chi connectivity index (χ4v) is 2.73. The summed E-state index contributed by atoms with van der Waals surface area (Å²) < 4.78 is 1.05. The third kappa shape index (κ3) is 7.08. The van der Waals surface area contributed by atoms with Gasteiger partial charge in [0, 0.05) is 4.47 Å². The molecule has 2 nitrogen and oxygen atoms in total. The maximum Gasteiger partial charge on any atom is 0.0857 e. The van der Waals surface area contributed by atoms with Gasteiger partial charge in [0.05, 0.1) is 11.4 Å². The first kappa shape index (κ1) is 17.9. The van der Waals surface area contributed by atoms with Crippen molar-refractivity contribution in [3.05, 3.63) is 58.6 Å². The average molecular weight is 373 g/mol. The molecule has 2 aromatic carbocycles. The van der Waals surface area contributed by atoms with Crippen molar-refractivity contribution in [1.82, 2.24) is 0 Å². The summed E-state index contributed by atoms with van der Waals surface area (Å²) in [5, 5.41) is 8.54. The van der Waals surface area contributed by atoms with Crippen LogP contribution in [0.15, 0.2) is 63.2 Å². The van der Waals surface area contributed by atoms with Gasteiger partial charge >= 0.3 is 0 Å². The Hall–Kier alpha value is -1.48. The van der Waals surface area contributed by atoms with E-state index >= 15 is 0 Å². The molecule has 2 aromatic rings. The van der Waals surface area contributed by atoms with E-state index in [1.54, 1.807) is 0 Å². The van der Waals surface area contributed by atoms with Gasteiger partial charge < -0.3 is 0 Å². The SMILES string of the molecule is CCCCCCCCc1ccc(N=Nc2ccc(Br)cc2)cc1. The number of halogens is 1. The highest BCUT2D eigenvalue weighted by molar-refractivity contribution is 9.10. The Balaban J connectivity index is 1.76. The molecule has 2 rings (SSSR count). The summed E-state index contributed by atoms with van der Waals surface area (Å²) in [4.78, 5) is 0. The molecule has 0 aliphatic rings. The van der Waals surface area contributed by atoms with E-state index in [1.165, 1.54) is 44.1 Å². The molecule has 0 unspecified atom stereocenters. The number of rotatable bonds is 9. The Morgan fingerprint density at radius 2 is 1.22 bits per heavy atom. The fraction of sp³-hybridized carbons (Fsp3) is 0.400. The van der Waals surface area contributed by atoms with Crippen LogP contribution in [0.4, 0.5) is 11.4 Å². The number of nitrogens with zero attached hydrogens (tertiary/aromatic N) is 2. The van der Waals surface area contributed by atoms with E-state index in [1.807, 2.05) is 24.3 Å². The monoisotopic (exact) mass is 372 g/mol. The Morgan fingerprint density at radius 1 is 0.696 bits per heavy atom. The van der Waals surface area contributed by atoms with Crippen molar-refractivity contribution in [1.29, 1.82) is 0 Å². The number of unbranched alkanes of at least 4 members (excludes halogenated alkanes) is 5. The summed E-state index contributed by atoms with van der Waals surface area (Å²) in [5.41, 5.74) is 3.16. The Bertz CT molecular complexity index is 588. The summed E-state index contributed by atoms with van der Waals surface area (Å²) in [6, 6.07) is 16.3. The van der Waals surface area contributed by atoms with Crippen molar-refractivity contribution >= 4 is 27.3 Å². The van der Waals surface area contributed by atoms with Crippen molar-refractivity contribution in [2.45, 2.75) is 51.9 Å². The third-order valence-corrected chi connectivity index (χ3v) is 4.39. The molecule has 0 amide bonds. The van der Waals surface area contributed by atoms with Crippen LogP contribution in [-0.4, -0.2) is 0 Å². The van der Waals surface area contributed by atoms with Gasteiger partial charge in [-0.3, -0.25) is 0 Å². The molecule has 0 saturated heterocycles. The van der Waals surface area contributed by atoms with Crippen LogP contribution < -0.4 is 0 Å². The molecule has 3 heteroatoms. The van der Waals surface area contributed by atoms with Crippen molar-refractivity contribution in [2.75, 3.05) is 0 Å². The Kier molecular flexibility index (Phi) is 8.02. The molecule has 0 aromatic heterocycles. The fourth-order valence-electron chi connectivity index (χ4n) is 2.46. The zero-order valence-corrected chi connectivity index (χ0v) is 15.4. The summed E-state index contributed by atoms with van der Waals surface area (Å²) in [6.07, 6.45) is 9.22. The lowest BCUT2D eigenvalue weighted by Crippen LogP contribution is -1.85. The van der Waals surface area contributed by atoms with Crippen LogP contribution in [0.25, 0.3) is 0 Å². The number of hydrogen-bond donors (Lipinski definition) is 0. The number of hydrogen-bond acceptors (Lipinski definition) is 2. The molecule has 0 radical (unpaired) electrons. The maximum atomic E-state index is 4.29. The van der Waals surface area contributed by atoms with Gasteiger partial charge in [0.25, 0.3) is 0 Å². The summed E-state index contributed by atoms with van der Waals surface area (Å²) >= 11 is 3.42. The number of benzene rings is 2. The first-order chi connectivity index (χ1) is 11.3. The van der Waals surface area contributed by atoms with Crippen molar-refractivity contribution < 1.29 is 0 Å². The lowest BCUT2D eigenvalue weighted by Gasteiger charge is -2.02. The largest absolute Gasteiger partial charge is 0.151 e. The molecule has 0 N–H and O–H groups in total. The minimum atomic E-state index is 0.865. The predicted molar refractivity (Wildman–Crippen MR) is 102 cm³/mol. The lowest BCUT2D eigenvalue weighted by molar-refractivity contribution is 0.607. The van der Waals surface area contributed by atoms with Gasteiger partial charge in [0.15, 0.2) is 0 Å². The lowest BCUT2D eigenvalue weighted by atomic mass is 10.0. The van der Waals surface area contributed by atoms with Crippen LogP contribution in [0.5, 0.6) is 0 Å². The number of azo groups is 1. The first-order valence-electron chi connectivity index (χ1n) is 8.54. The van der Waals surface area contributed by atoms with E-state index in [0.29, 0.717) is 0 Å². The standard InChI is InChI=1S/C20H25BrN2/c1-2-3-4-5-6-7-8-17-9-13-19(14-10-17)22-23-20-15-11-18(21)12-16-20/h9-16H,2-8H2,1H3. The van der Waals surface area contributed by atoms with Gasteiger partial charge in [-0.2, -0.15) is 10.2 Å². The summed E-state index contributed by atoms with van der Waals surface area (Å²) in [6.45, 7) is 2.26. The molecule has 0 bridgehead atoms. The number of aryl methyl sites for hydroxylation is 1. The Labute approximate surface area is 148 Å². The molecule has 122 valence electrons. The summed E-state index contributed by atoms with van der Waals surface area (Å²) in [5.74, 6) is 0. The van der Waals surface area contributed by atoms with Gasteiger partial charge in [0.2, 0.25) is 0 Å². The normalized spacial score (nSPS) is 11.2. The molecule has 0 atom stereocenters. The van der Waals surface area contributed by atoms with E-state index in [4.69, 9.17) is 0 Å². The molecule has 0 heterocycles. The van der Waals surface area contributed by atoms with Gasteiger partial charge in [-0.15, -0.1) is 0 Å².